The number of hydrogen-bond donors (Lipinski definition) is 0. The van der Waals surface area contributed by atoms with Crippen LogP contribution in [0.15, 0.2) is 42.5 Å². The van der Waals surface area contributed by atoms with Crippen LogP contribution >= 0.6 is 0 Å². The van der Waals surface area contributed by atoms with Crippen molar-refractivity contribution in [1.29, 1.82) is 0 Å². The minimum atomic E-state index is 0.647. The SMILES string of the molecule is CC[C@H](C)[C@H](CCN(C)C)c1cccc2ccccc12. The fraction of sp³-hybridized carbons (Fsp3) is 0.474. The van der Waals surface area contributed by atoms with E-state index in [1.54, 1.807) is 0 Å². The Balaban J connectivity index is 2.39. The van der Waals surface area contributed by atoms with Crippen molar-refractivity contribution in [2.75, 3.05) is 20.6 Å². The molecular formula is C19H27N. The van der Waals surface area contributed by atoms with Crippen molar-refractivity contribution in [3.8, 4) is 0 Å². The van der Waals surface area contributed by atoms with Gasteiger partial charge in [-0.15, -0.1) is 0 Å². The van der Waals surface area contributed by atoms with Gasteiger partial charge in [-0.25, -0.2) is 0 Å². The molecule has 20 heavy (non-hydrogen) atoms. The molecule has 108 valence electrons. The maximum absolute atomic E-state index is 2.39. The first-order chi connectivity index (χ1) is 9.63. The summed E-state index contributed by atoms with van der Waals surface area (Å²) < 4.78 is 0. The molecule has 2 rings (SSSR count). The van der Waals surface area contributed by atoms with E-state index in [0.29, 0.717) is 5.92 Å². The van der Waals surface area contributed by atoms with Crippen LogP contribution in [0.3, 0.4) is 0 Å². The molecule has 2 aromatic rings. The third-order valence-electron chi connectivity index (χ3n) is 4.44. The molecule has 0 aliphatic heterocycles. The molecule has 0 fully saturated rings. The highest BCUT2D eigenvalue weighted by Crippen LogP contribution is 2.34. The first kappa shape index (κ1) is 15.1. The Bertz CT molecular complexity index is 539. The van der Waals surface area contributed by atoms with Crippen LogP contribution in [-0.2, 0) is 0 Å². The molecule has 1 heteroatoms. The van der Waals surface area contributed by atoms with Gasteiger partial charge in [0.25, 0.3) is 0 Å². The Labute approximate surface area is 123 Å². The number of hydrogen-bond acceptors (Lipinski definition) is 1. The van der Waals surface area contributed by atoms with E-state index in [2.05, 4.69) is 75.3 Å². The summed E-state index contributed by atoms with van der Waals surface area (Å²) in [4.78, 5) is 2.29. The standard InChI is InChI=1S/C19H27N/c1-5-15(2)17(13-14-20(3)4)19-12-8-10-16-9-6-7-11-18(16)19/h6-12,15,17H,5,13-14H2,1-4H3/t15-,17-/m0/s1. The number of benzene rings is 2. The molecule has 0 aliphatic carbocycles. The largest absolute Gasteiger partial charge is 0.309 e. The van der Waals surface area contributed by atoms with E-state index in [0.717, 1.165) is 12.5 Å². The Morgan fingerprint density at radius 1 is 1.00 bits per heavy atom. The van der Waals surface area contributed by atoms with E-state index in [4.69, 9.17) is 0 Å². The molecule has 0 amide bonds. The van der Waals surface area contributed by atoms with E-state index in [1.807, 2.05) is 0 Å². The van der Waals surface area contributed by atoms with Crippen molar-refractivity contribution in [2.24, 2.45) is 5.92 Å². The van der Waals surface area contributed by atoms with Gasteiger partial charge in [-0.2, -0.15) is 0 Å². The minimum absolute atomic E-state index is 0.647. The summed E-state index contributed by atoms with van der Waals surface area (Å²) in [5, 5.41) is 2.79. The normalized spacial score (nSPS) is 14.7. The van der Waals surface area contributed by atoms with E-state index in [1.165, 1.54) is 29.2 Å². The monoisotopic (exact) mass is 269 g/mol. The van der Waals surface area contributed by atoms with Crippen molar-refractivity contribution < 1.29 is 0 Å². The molecule has 0 radical (unpaired) electrons. The van der Waals surface area contributed by atoms with Crippen molar-refractivity contribution in [2.45, 2.75) is 32.6 Å². The Hall–Kier alpha value is -1.34. The summed E-state index contributed by atoms with van der Waals surface area (Å²) in [6.45, 7) is 5.85. The third kappa shape index (κ3) is 3.40. The lowest BCUT2D eigenvalue weighted by Gasteiger charge is -2.26. The molecule has 0 bridgehead atoms. The van der Waals surface area contributed by atoms with Crippen molar-refractivity contribution in [1.82, 2.24) is 4.90 Å². The Kier molecular flexibility index (Phi) is 5.19. The highest BCUT2D eigenvalue weighted by Gasteiger charge is 2.19. The maximum atomic E-state index is 2.39. The number of fused-ring (bicyclic) bond motifs is 1. The quantitative estimate of drug-likeness (QED) is 0.719. The smallest absolute Gasteiger partial charge is 0.00189 e. The summed E-state index contributed by atoms with van der Waals surface area (Å²) in [5.74, 6) is 1.37. The molecule has 0 unspecified atom stereocenters. The highest BCUT2D eigenvalue weighted by atomic mass is 15.0. The lowest BCUT2D eigenvalue weighted by molar-refractivity contribution is 0.340. The number of nitrogens with zero attached hydrogens (tertiary/aromatic N) is 1. The van der Waals surface area contributed by atoms with Crippen LogP contribution in [0, 0.1) is 5.92 Å². The molecule has 2 aromatic carbocycles. The highest BCUT2D eigenvalue weighted by molar-refractivity contribution is 5.86. The van der Waals surface area contributed by atoms with Crippen LogP contribution in [-0.4, -0.2) is 25.5 Å². The van der Waals surface area contributed by atoms with Crippen LogP contribution in [0.1, 0.15) is 38.2 Å². The fourth-order valence-corrected chi connectivity index (χ4v) is 3.00. The zero-order valence-corrected chi connectivity index (χ0v) is 13.3. The summed E-state index contributed by atoms with van der Waals surface area (Å²) in [6, 6.07) is 15.5. The summed E-state index contributed by atoms with van der Waals surface area (Å²) in [6.07, 6.45) is 2.47. The number of rotatable bonds is 6. The van der Waals surface area contributed by atoms with Gasteiger partial charge in [-0.1, -0.05) is 62.7 Å². The van der Waals surface area contributed by atoms with E-state index < -0.39 is 0 Å². The maximum Gasteiger partial charge on any atom is -0.00189 e. The molecule has 0 N–H and O–H groups in total. The first-order valence-electron chi connectivity index (χ1n) is 7.75. The third-order valence-corrected chi connectivity index (χ3v) is 4.44. The van der Waals surface area contributed by atoms with Gasteiger partial charge in [0.15, 0.2) is 0 Å². The lowest BCUT2D eigenvalue weighted by Crippen LogP contribution is -2.19. The van der Waals surface area contributed by atoms with Crippen LogP contribution in [0.2, 0.25) is 0 Å². The average molecular weight is 269 g/mol. The molecule has 0 aromatic heterocycles. The molecular weight excluding hydrogens is 242 g/mol. The first-order valence-corrected chi connectivity index (χ1v) is 7.75. The zero-order valence-electron chi connectivity index (χ0n) is 13.3. The van der Waals surface area contributed by atoms with Crippen molar-refractivity contribution in [3.05, 3.63) is 48.0 Å². The van der Waals surface area contributed by atoms with Crippen molar-refractivity contribution >= 4 is 10.8 Å². The predicted molar refractivity (Wildman–Crippen MR) is 89.3 cm³/mol. The topological polar surface area (TPSA) is 3.24 Å². The van der Waals surface area contributed by atoms with Gasteiger partial charge in [0.05, 0.1) is 0 Å². The van der Waals surface area contributed by atoms with Crippen molar-refractivity contribution in [3.63, 3.8) is 0 Å². The molecule has 0 aliphatic rings. The molecule has 0 saturated heterocycles. The van der Waals surface area contributed by atoms with E-state index >= 15 is 0 Å². The van der Waals surface area contributed by atoms with Crippen LogP contribution in [0.25, 0.3) is 10.8 Å². The minimum Gasteiger partial charge on any atom is -0.309 e. The lowest BCUT2D eigenvalue weighted by atomic mass is 9.81. The molecule has 0 heterocycles. The van der Waals surface area contributed by atoms with Gasteiger partial charge in [-0.05, 0) is 55.2 Å². The fourth-order valence-electron chi connectivity index (χ4n) is 3.00. The molecule has 1 nitrogen and oxygen atoms in total. The second-order valence-electron chi connectivity index (χ2n) is 6.15. The summed E-state index contributed by atoms with van der Waals surface area (Å²) in [7, 11) is 4.33. The Morgan fingerprint density at radius 3 is 2.40 bits per heavy atom. The average Bonchev–Trinajstić information content (AvgIpc) is 2.47. The zero-order chi connectivity index (χ0) is 14.5. The van der Waals surface area contributed by atoms with Gasteiger partial charge in [0, 0.05) is 0 Å². The summed E-state index contributed by atoms with van der Waals surface area (Å²) >= 11 is 0. The van der Waals surface area contributed by atoms with Crippen LogP contribution < -0.4 is 0 Å². The van der Waals surface area contributed by atoms with E-state index in [-0.39, 0.29) is 0 Å². The second-order valence-corrected chi connectivity index (χ2v) is 6.15. The van der Waals surface area contributed by atoms with Crippen LogP contribution in [0.4, 0.5) is 0 Å². The van der Waals surface area contributed by atoms with Gasteiger partial charge in [0.1, 0.15) is 0 Å². The van der Waals surface area contributed by atoms with Gasteiger partial charge in [0.2, 0.25) is 0 Å². The van der Waals surface area contributed by atoms with Gasteiger partial charge >= 0.3 is 0 Å². The Morgan fingerprint density at radius 2 is 1.70 bits per heavy atom. The molecule has 2 atom stereocenters. The predicted octanol–water partition coefficient (Wildman–Crippen LogP) is 4.92. The van der Waals surface area contributed by atoms with Gasteiger partial charge < -0.3 is 4.90 Å². The van der Waals surface area contributed by atoms with Crippen LogP contribution in [0.5, 0.6) is 0 Å². The van der Waals surface area contributed by atoms with Gasteiger partial charge in [-0.3, -0.25) is 0 Å². The summed E-state index contributed by atoms with van der Waals surface area (Å²) in [5.41, 5.74) is 1.53. The molecule has 0 saturated carbocycles. The molecule has 0 spiro atoms. The second kappa shape index (κ2) is 6.90. The van der Waals surface area contributed by atoms with E-state index in [9.17, 15) is 0 Å².